The third-order valence-electron chi connectivity index (χ3n) is 5.71. The molecule has 0 heterocycles. The largest absolute Gasteiger partial charge is 0.478 e. The molecule has 0 radical (unpaired) electrons. The Morgan fingerprint density at radius 1 is 0.722 bits per heavy atom. The Labute approximate surface area is 210 Å². The van der Waals surface area contributed by atoms with Crippen LogP contribution in [0.5, 0.6) is 0 Å². The normalized spacial score (nSPS) is 10.8. The number of aromatic carboxylic acids is 2. The van der Waals surface area contributed by atoms with Crippen LogP contribution < -0.4 is 5.30 Å². The van der Waals surface area contributed by atoms with Gasteiger partial charge in [0.2, 0.25) is 0 Å². The standard InChI is InChI=1S/C20H18O2P.C9H8O4/c1-2-6-15-11-13-17(14-12-15)23(22)20(21)19-10-5-8-16-7-3-4-9-18(16)19;1-5-6(8(10)11)3-2-4-7(5)9(12)13/h3-5,7-14H,2,6H2,1H3;2-4H,1H3,(H,10,11)(H,12,13)/q+1;. The van der Waals surface area contributed by atoms with Crippen LogP contribution >= 0.6 is 7.80 Å². The van der Waals surface area contributed by atoms with Crippen LogP contribution in [0.15, 0.2) is 84.9 Å². The van der Waals surface area contributed by atoms with E-state index in [-0.39, 0.29) is 22.2 Å². The summed E-state index contributed by atoms with van der Waals surface area (Å²) in [5.74, 6) is -2.22. The van der Waals surface area contributed by atoms with Crippen LogP contribution in [0, 0.1) is 6.92 Å². The van der Waals surface area contributed by atoms with Gasteiger partial charge in [0.25, 0.3) is 0 Å². The van der Waals surface area contributed by atoms with Crippen LogP contribution in [-0.2, 0) is 11.0 Å². The number of rotatable bonds is 7. The highest BCUT2D eigenvalue weighted by atomic mass is 31.1. The first-order valence-electron chi connectivity index (χ1n) is 11.4. The maximum Gasteiger partial charge on any atom is 0.458 e. The van der Waals surface area contributed by atoms with E-state index in [0.29, 0.717) is 10.9 Å². The Bertz CT molecular complexity index is 1400. The summed E-state index contributed by atoms with van der Waals surface area (Å²) in [4.78, 5) is 33.9. The molecule has 4 aromatic carbocycles. The number of hydrogen-bond acceptors (Lipinski definition) is 4. The van der Waals surface area contributed by atoms with Crippen molar-refractivity contribution in [2.24, 2.45) is 0 Å². The maximum atomic E-state index is 12.7. The zero-order chi connectivity index (χ0) is 26.2. The van der Waals surface area contributed by atoms with E-state index in [1.165, 1.54) is 30.7 Å². The topological polar surface area (TPSA) is 109 Å². The predicted molar refractivity (Wildman–Crippen MR) is 141 cm³/mol. The first kappa shape index (κ1) is 26.5. The Morgan fingerprint density at radius 3 is 1.83 bits per heavy atom. The van der Waals surface area contributed by atoms with Crippen LogP contribution in [0.3, 0.4) is 0 Å². The molecule has 0 aliphatic heterocycles. The number of benzene rings is 4. The number of aryl methyl sites for hydroxylation is 1. The van der Waals surface area contributed by atoms with Crippen molar-refractivity contribution in [2.75, 3.05) is 0 Å². The first-order chi connectivity index (χ1) is 17.2. The molecule has 2 N–H and O–H groups in total. The fourth-order valence-electron chi connectivity index (χ4n) is 3.82. The minimum absolute atomic E-state index is 0.0277. The predicted octanol–water partition coefficient (Wildman–Crippen LogP) is 6.48. The summed E-state index contributed by atoms with van der Waals surface area (Å²) in [6.45, 7) is 3.60. The molecule has 182 valence electrons. The highest BCUT2D eigenvalue weighted by Crippen LogP contribution is 2.30. The Hall–Kier alpha value is -4.15. The molecule has 0 fully saturated rings. The summed E-state index contributed by atoms with van der Waals surface area (Å²) in [5, 5.41) is 19.8. The van der Waals surface area contributed by atoms with Crippen LogP contribution in [-0.4, -0.2) is 27.7 Å². The van der Waals surface area contributed by atoms with Crippen molar-refractivity contribution in [3.8, 4) is 0 Å². The molecule has 0 aromatic heterocycles. The maximum absolute atomic E-state index is 12.7. The van der Waals surface area contributed by atoms with Crippen molar-refractivity contribution in [2.45, 2.75) is 26.7 Å². The number of hydrogen-bond donors (Lipinski definition) is 2. The molecule has 0 saturated heterocycles. The van der Waals surface area contributed by atoms with E-state index >= 15 is 0 Å². The van der Waals surface area contributed by atoms with E-state index in [1.807, 2.05) is 60.7 Å². The number of fused-ring (bicyclic) bond motifs is 1. The summed E-state index contributed by atoms with van der Waals surface area (Å²) in [6, 6.07) is 25.0. The summed E-state index contributed by atoms with van der Waals surface area (Å²) >= 11 is 0. The van der Waals surface area contributed by atoms with E-state index in [4.69, 9.17) is 10.2 Å². The summed E-state index contributed by atoms with van der Waals surface area (Å²) in [6.07, 6.45) is 2.06. The molecule has 7 heteroatoms. The van der Waals surface area contributed by atoms with Crippen molar-refractivity contribution in [3.63, 3.8) is 0 Å². The zero-order valence-corrected chi connectivity index (χ0v) is 20.9. The lowest BCUT2D eigenvalue weighted by molar-refractivity contribution is 0.0696. The zero-order valence-electron chi connectivity index (χ0n) is 20.0. The summed E-state index contributed by atoms with van der Waals surface area (Å²) in [7, 11) is -2.10. The molecular weight excluding hydrogens is 475 g/mol. The lowest BCUT2D eigenvalue weighted by Crippen LogP contribution is -2.06. The second-order valence-corrected chi connectivity index (χ2v) is 9.64. The Kier molecular flexibility index (Phi) is 8.82. The molecule has 0 bridgehead atoms. The number of carbonyl (C=O) groups excluding carboxylic acids is 1. The van der Waals surface area contributed by atoms with Gasteiger partial charge in [0.05, 0.1) is 16.7 Å². The highest BCUT2D eigenvalue weighted by Gasteiger charge is 2.33. The van der Waals surface area contributed by atoms with E-state index in [0.717, 1.165) is 23.6 Å². The lowest BCUT2D eigenvalue weighted by atomic mass is 10.0. The fourth-order valence-corrected chi connectivity index (χ4v) is 4.89. The summed E-state index contributed by atoms with van der Waals surface area (Å²) < 4.78 is 12.7. The van der Waals surface area contributed by atoms with Crippen molar-refractivity contribution >= 4 is 41.3 Å². The molecule has 1 unspecified atom stereocenters. The number of carboxylic acids is 2. The Balaban J connectivity index is 0.000000236. The van der Waals surface area contributed by atoms with Crippen molar-refractivity contribution in [1.29, 1.82) is 0 Å². The van der Waals surface area contributed by atoms with Crippen molar-refractivity contribution in [1.82, 2.24) is 0 Å². The third-order valence-corrected chi connectivity index (χ3v) is 7.09. The van der Waals surface area contributed by atoms with Crippen LogP contribution in [0.4, 0.5) is 0 Å². The minimum atomic E-state index is -2.10. The average Bonchev–Trinajstić information content (AvgIpc) is 2.88. The second kappa shape index (κ2) is 12.0. The Morgan fingerprint density at radius 2 is 1.25 bits per heavy atom. The molecular formula is C29H26O6P+. The van der Waals surface area contributed by atoms with Crippen molar-refractivity contribution < 1.29 is 29.2 Å². The highest BCUT2D eigenvalue weighted by molar-refractivity contribution is 7.71. The molecule has 0 spiro atoms. The number of carboxylic acid groups (broad SMARTS) is 2. The van der Waals surface area contributed by atoms with Crippen LogP contribution in [0.25, 0.3) is 10.8 Å². The molecule has 0 saturated carbocycles. The fraction of sp³-hybridized carbons (Fsp3) is 0.138. The first-order valence-corrected chi connectivity index (χ1v) is 12.6. The van der Waals surface area contributed by atoms with Gasteiger partial charge < -0.3 is 10.2 Å². The van der Waals surface area contributed by atoms with E-state index < -0.39 is 19.7 Å². The summed E-state index contributed by atoms with van der Waals surface area (Å²) in [5.41, 5.74) is 1.77. The molecule has 36 heavy (non-hydrogen) atoms. The van der Waals surface area contributed by atoms with Gasteiger partial charge in [-0.3, -0.25) is 0 Å². The quantitative estimate of drug-likeness (QED) is 0.281. The molecule has 0 aliphatic rings. The monoisotopic (exact) mass is 501 g/mol. The third kappa shape index (κ3) is 6.09. The van der Waals surface area contributed by atoms with Gasteiger partial charge in [-0.25, -0.2) is 14.4 Å². The molecule has 6 nitrogen and oxygen atoms in total. The van der Waals surface area contributed by atoms with Gasteiger partial charge in [-0.15, -0.1) is 0 Å². The number of carbonyl (C=O) groups is 3. The van der Waals surface area contributed by atoms with Gasteiger partial charge in [-0.2, -0.15) is 0 Å². The van der Waals surface area contributed by atoms with E-state index in [9.17, 15) is 18.9 Å². The van der Waals surface area contributed by atoms with Gasteiger partial charge in [-0.1, -0.05) is 72.5 Å². The van der Waals surface area contributed by atoms with E-state index in [2.05, 4.69) is 6.92 Å². The molecule has 1 atom stereocenters. The average molecular weight is 501 g/mol. The van der Waals surface area contributed by atoms with Crippen LogP contribution in [0.1, 0.15) is 55.5 Å². The van der Waals surface area contributed by atoms with Crippen LogP contribution in [0.2, 0.25) is 0 Å². The second-order valence-electron chi connectivity index (χ2n) is 8.13. The van der Waals surface area contributed by atoms with Gasteiger partial charge in [0.15, 0.2) is 5.30 Å². The van der Waals surface area contributed by atoms with E-state index in [1.54, 1.807) is 6.07 Å². The SMILES string of the molecule is CCCc1ccc([P+](=O)C(=O)c2cccc3ccccc23)cc1.Cc1c(C(=O)O)cccc1C(=O)O. The molecule has 4 aromatic rings. The molecule has 4 rings (SSSR count). The smallest absolute Gasteiger partial charge is 0.458 e. The lowest BCUT2D eigenvalue weighted by Gasteiger charge is -2.03. The van der Waals surface area contributed by atoms with Crippen molar-refractivity contribution in [3.05, 3.63) is 113 Å². The van der Waals surface area contributed by atoms with Gasteiger partial charge in [-0.05, 0) is 65.6 Å². The molecule has 0 amide bonds. The van der Waals surface area contributed by atoms with Gasteiger partial charge in [0.1, 0.15) is 0 Å². The van der Waals surface area contributed by atoms with Gasteiger partial charge in [0, 0.05) is 0 Å². The minimum Gasteiger partial charge on any atom is -0.478 e. The molecule has 0 aliphatic carbocycles. The van der Waals surface area contributed by atoms with Gasteiger partial charge >= 0.3 is 25.3 Å².